The monoisotopic (exact) mass is 657 g/mol. The molecule has 260 valence electrons. The van der Waals surface area contributed by atoms with Gasteiger partial charge in [-0.25, -0.2) is 4.79 Å². The number of aliphatic hydroxyl groups excluding tert-OH is 1. The summed E-state index contributed by atoms with van der Waals surface area (Å²) in [6.07, 6.45) is 3.94. The van der Waals surface area contributed by atoms with Gasteiger partial charge in [-0.05, 0) is 38.2 Å². The number of allylic oxidation sites excluding steroid dienone is 4. The molecule has 2 bridgehead atoms. The molecule has 2 amide bonds. The molecule has 6 N–H and O–H groups in total. The Bertz CT molecular complexity index is 1310. The van der Waals surface area contributed by atoms with Gasteiger partial charge in [0.1, 0.15) is 6.10 Å². The Kier molecular flexibility index (Phi) is 14.5. The number of carbonyl (C=O) groups excluding carboxylic acids is 4. The fourth-order valence-electron chi connectivity index (χ4n) is 6.05. The number of ketones is 2. The first-order valence-corrected chi connectivity index (χ1v) is 16.1. The molecule has 3 aliphatic rings. The second-order valence-corrected chi connectivity index (χ2v) is 12.4. The summed E-state index contributed by atoms with van der Waals surface area (Å²) in [5.74, 6) is -2.03. The number of aliphatic hydroxyl groups is 1. The summed E-state index contributed by atoms with van der Waals surface area (Å²) < 4.78 is 16.7. The molecule has 1 aliphatic carbocycles. The van der Waals surface area contributed by atoms with E-state index in [4.69, 9.17) is 19.9 Å². The van der Waals surface area contributed by atoms with E-state index in [0.29, 0.717) is 25.1 Å². The molecule has 0 spiro atoms. The van der Waals surface area contributed by atoms with Crippen LogP contribution in [0.25, 0.3) is 0 Å². The van der Waals surface area contributed by atoms with Crippen LogP contribution in [0.4, 0.5) is 4.79 Å². The van der Waals surface area contributed by atoms with E-state index < -0.39 is 53.9 Å². The third kappa shape index (κ3) is 10.7. The molecule has 0 unspecified atom stereocenters. The number of carbonyl (C=O) groups is 4. The zero-order valence-electron chi connectivity index (χ0n) is 28.3. The molecular formula is C34H51N5O8. The average molecular weight is 658 g/mol. The molecule has 0 radical (unpaired) electrons. The van der Waals surface area contributed by atoms with E-state index in [1.807, 2.05) is 13.8 Å². The van der Waals surface area contributed by atoms with Gasteiger partial charge < -0.3 is 41.0 Å². The summed E-state index contributed by atoms with van der Waals surface area (Å²) >= 11 is 0. The van der Waals surface area contributed by atoms with Gasteiger partial charge >= 0.3 is 6.09 Å². The summed E-state index contributed by atoms with van der Waals surface area (Å²) in [5.41, 5.74) is 6.63. The predicted octanol–water partition coefficient (Wildman–Crippen LogP) is 1.26. The van der Waals surface area contributed by atoms with Gasteiger partial charge in [-0.1, -0.05) is 38.2 Å². The van der Waals surface area contributed by atoms with Gasteiger partial charge in [0.2, 0.25) is 11.6 Å². The first-order valence-electron chi connectivity index (χ1n) is 16.1. The van der Waals surface area contributed by atoms with Gasteiger partial charge in [-0.15, -0.1) is 0 Å². The highest BCUT2D eigenvalue weighted by Gasteiger charge is 2.33. The van der Waals surface area contributed by atoms with Crippen molar-refractivity contribution < 1.29 is 38.5 Å². The van der Waals surface area contributed by atoms with Crippen LogP contribution in [-0.4, -0.2) is 111 Å². The second-order valence-electron chi connectivity index (χ2n) is 12.4. The molecule has 47 heavy (non-hydrogen) atoms. The minimum atomic E-state index is -0.995. The Morgan fingerprint density at radius 3 is 2.47 bits per heavy atom. The molecule has 13 heteroatoms. The van der Waals surface area contributed by atoms with E-state index in [1.54, 1.807) is 32.1 Å². The first-order chi connectivity index (χ1) is 22.4. The maximum absolute atomic E-state index is 13.9. The molecule has 0 saturated carbocycles. The van der Waals surface area contributed by atoms with Crippen molar-refractivity contribution in [2.75, 3.05) is 53.5 Å². The number of Topliss-reactive ketones (excluding diaryl/α,β-unsaturated/α-hetero) is 1. The number of nitrogens with zero attached hydrogens (tertiary/aromatic N) is 1. The molecule has 13 nitrogen and oxygen atoms in total. The molecule has 1 saturated heterocycles. The Morgan fingerprint density at radius 1 is 1.13 bits per heavy atom. The SMILES string of the molecule is CO[C@H]1/C=C\C=C(/C)C(=O)NC2=CC(=O)C(NCCN3CCNCC3)=C(C[C@@H](C)C[C@H](OC)[C@H](O)[C@@H](C)/C=C(\C)[C@@H]1OC(N)=O)C2=O. The van der Waals surface area contributed by atoms with E-state index >= 15 is 0 Å². The van der Waals surface area contributed by atoms with Crippen LogP contribution in [0.5, 0.6) is 0 Å². The van der Waals surface area contributed by atoms with Crippen molar-refractivity contribution in [1.82, 2.24) is 20.9 Å². The van der Waals surface area contributed by atoms with Crippen molar-refractivity contribution in [3.8, 4) is 0 Å². The highest BCUT2D eigenvalue weighted by atomic mass is 16.6. The van der Waals surface area contributed by atoms with Crippen LogP contribution in [0.1, 0.15) is 40.5 Å². The third-order valence-electron chi connectivity index (χ3n) is 8.73. The van der Waals surface area contributed by atoms with Crippen molar-refractivity contribution in [1.29, 1.82) is 0 Å². The van der Waals surface area contributed by atoms with Crippen LogP contribution in [0, 0.1) is 11.8 Å². The third-order valence-corrected chi connectivity index (χ3v) is 8.73. The van der Waals surface area contributed by atoms with Crippen LogP contribution in [0.15, 0.2) is 58.5 Å². The number of hydrogen-bond donors (Lipinski definition) is 5. The number of piperazine rings is 1. The van der Waals surface area contributed by atoms with Crippen LogP contribution in [0.2, 0.25) is 0 Å². The van der Waals surface area contributed by atoms with Crippen LogP contribution in [0.3, 0.4) is 0 Å². The predicted molar refractivity (Wildman–Crippen MR) is 177 cm³/mol. The minimum Gasteiger partial charge on any atom is -0.439 e. The highest BCUT2D eigenvalue weighted by molar-refractivity contribution is 6.23. The molecule has 0 aromatic rings. The lowest BCUT2D eigenvalue weighted by Crippen LogP contribution is -2.46. The zero-order chi connectivity index (χ0) is 34.7. The van der Waals surface area contributed by atoms with E-state index in [2.05, 4.69) is 20.9 Å². The summed E-state index contributed by atoms with van der Waals surface area (Å²) in [6, 6.07) is 0. The number of hydrogen-bond acceptors (Lipinski definition) is 11. The maximum Gasteiger partial charge on any atom is 0.405 e. The number of ether oxygens (including phenoxy) is 3. The van der Waals surface area contributed by atoms with Crippen molar-refractivity contribution >= 4 is 23.6 Å². The zero-order valence-corrected chi connectivity index (χ0v) is 28.3. The number of primary amides is 1. The maximum atomic E-state index is 13.9. The Labute approximate surface area is 277 Å². The highest BCUT2D eigenvalue weighted by Crippen LogP contribution is 2.29. The molecule has 2 heterocycles. The molecule has 6 atom stereocenters. The molecule has 2 aliphatic heterocycles. The number of rotatable bonds is 7. The normalized spacial score (nSPS) is 32.0. The van der Waals surface area contributed by atoms with Crippen molar-refractivity contribution in [3.05, 3.63) is 58.5 Å². The molecule has 0 aromatic heterocycles. The first kappa shape index (κ1) is 37.8. The lowest BCUT2D eigenvalue weighted by atomic mass is 9.85. The molecule has 3 rings (SSSR count). The molecule has 1 fully saturated rings. The Morgan fingerprint density at radius 2 is 1.83 bits per heavy atom. The summed E-state index contributed by atoms with van der Waals surface area (Å²) in [6.45, 7) is 11.8. The smallest absolute Gasteiger partial charge is 0.405 e. The lowest BCUT2D eigenvalue weighted by molar-refractivity contribution is -0.120. The quantitative estimate of drug-likeness (QED) is 0.196. The number of nitrogens with two attached hydrogens (primary N) is 1. The van der Waals surface area contributed by atoms with Crippen LogP contribution < -0.4 is 21.7 Å². The number of amides is 2. The topological polar surface area (TPSA) is 182 Å². The molecular weight excluding hydrogens is 606 g/mol. The number of nitrogens with one attached hydrogen (secondary N) is 3. The van der Waals surface area contributed by atoms with Gasteiger partial charge in [0.25, 0.3) is 5.91 Å². The summed E-state index contributed by atoms with van der Waals surface area (Å²) in [4.78, 5) is 54.5. The Hall–Kier alpha value is -3.62. The van der Waals surface area contributed by atoms with Crippen molar-refractivity contribution in [2.24, 2.45) is 17.6 Å². The Balaban J connectivity index is 2.00. The van der Waals surface area contributed by atoms with E-state index in [1.165, 1.54) is 20.3 Å². The standard InChI is InChI=1S/C34H51N5O8/c1-20-16-24-29(37-12-15-39-13-10-36-11-14-39)26(40)19-25(31(24)42)38-33(43)21(2)8-7-9-27(45-5)32(47-34(35)44)23(4)18-22(3)30(41)28(17-20)46-6/h7-9,18-20,22,27-28,30,32,36-37,41H,10-17H2,1-6H3,(H2,35,44)(H,38,43)/b9-7-,21-8+,23-18+/t20-,22+,27+,28+,30-,32+/m1/s1. The van der Waals surface area contributed by atoms with Crippen LogP contribution in [-0.2, 0) is 28.6 Å². The van der Waals surface area contributed by atoms with Gasteiger partial charge in [0.05, 0.1) is 23.6 Å². The fourth-order valence-corrected chi connectivity index (χ4v) is 6.05. The summed E-state index contributed by atoms with van der Waals surface area (Å²) in [5, 5.41) is 20.5. The van der Waals surface area contributed by atoms with Gasteiger partial charge in [-0.3, -0.25) is 19.3 Å². The second kappa shape index (κ2) is 18.1. The van der Waals surface area contributed by atoms with E-state index in [9.17, 15) is 24.3 Å². The van der Waals surface area contributed by atoms with Gasteiger partial charge in [0, 0.05) is 76.6 Å². The van der Waals surface area contributed by atoms with E-state index in [-0.39, 0.29) is 34.9 Å². The fraction of sp³-hybridized carbons (Fsp3) is 0.588. The summed E-state index contributed by atoms with van der Waals surface area (Å²) in [7, 11) is 2.95. The van der Waals surface area contributed by atoms with Crippen molar-refractivity contribution in [3.63, 3.8) is 0 Å². The minimum absolute atomic E-state index is 0.106. The van der Waals surface area contributed by atoms with Crippen LogP contribution >= 0.6 is 0 Å². The average Bonchev–Trinajstić information content (AvgIpc) is 3.04. The number of fused-ring (bicyclic) bond motifs is 2. The number of methoxy groups -OCH3 is 2. The van der Waals surface area contributed by atoms with Crippen molar-refractivity contribution in [2.45, 2.75) is 65.0 Å². The largest absolute Gasteiger partial charge is 0.439 e. The van der Waals surface area contributed by atoms with Gasteiger partial charge in [0.15, 0.2) is 6.10 Å². The lowest BCUT2D eigenvalue weighted by Gasteiger charge is -2.30. The van der Waals surface area contributed by atoms with Gasteiger partial charge in [-0.2, -0.15) is 0 Å². The van der Waals surface area contributed by atoms with E-state index in [0.717, 1.165) is 32.3 Å². The molecule has 0 aromatic carbocycles.